The smallest absolute Gasteiger partial charge is 0.269 e. The molecule has 3 aromatic heterocycles. The van der Waals surface area contributed by atoms with Crippen LogP contribution < -0.4 is 10.2 Å². The molecule has 1 unspecified atom stereocenters. The Morgan fingerprint density at radius 1 is 1.10 bits per heavy atom. The zero-order valence-corrected chi connectivity index (χ0v) is 25.5. The summed E-state index contributed by atoms with van der Waals surface area (Å²) in [5, 5.41) is 16.4. The van der Waals surface area contributed by atoms with Crippen LogP contribution in [0, 0.1) is 16.0 Å². The largest absolute Gasteiger partial charge is 0.368 e. The van der Waals surface area contributed by atoms with E-state index >= 15 is 0 Å². The van der Waals surface area contributed by atoms with Gasteiger partial charge in [0.15, 0.2) is 17.0 Å². The summed E-state index contributed by atoms with van der Waals surface area (Å²) in [6.45, 7) is 7.19. The first-order valence-corrected chi connectivity index (χ1v) is 16.6. The van der Waals surface area contributed by atoms with Gasteiger partial charge in [0.1, 0.15) is 4.21 Å². The molecule has 0 amide bonds. The second-order valence-corrected chi connectivity index (χ2v) is 13.6. The first kappa shape index (κ1) is 29.9. The van der Waals surface area contributed by atoms with Gasteiger partial charge in [0, 0.05) is 44.9 Å². The molecule has 4 aromatic rings. The summed E-state index contributed by atoms with van der Waals surface area (Å²) >= 11 is 1.22. The molecule has 0 aliphatic carbocycles. The van der Waals surface area contributed by atoms with Crippen LogP contribution in [0.4, 0.5) is 17.5 Å². The number of benzene rings is 1. The monoisotopic (exact) mass is 612 g/mol. The van der Waals surface area contributed by atoms with E-state index in [0.29, 0.717) is 65.8 Å². The van der Waals surface area contributed by atoms with Crippen molar-refractivity contribution >= 4 is 50.0 Å². The highest BCUT2D eigenvalue weighted by molar-refractivity contribution is 7.91. The predicted octanol–water partition coefficient (Wildman–Crippen LogP) is 4.98. The van der Waals surface area contributed by atoms with E-state index in [0.717, 1.165) is 31.4 Å². The maximum absolute atomic E-state index is 13.0. The number of hydrogen-bond donors (Lipinski definition) is 1. The fraction of sp³-hybridized carbons (Fsp3) is 0.464. The topological polar surface area (TPSA) is 139 Å². The third-order valence-corrected chi connectivity index (χ3v) is 10.9. The Kier molecular flexibility index (Phi) is 9.34. The van der Waals surface area contributed by atoms with E-state index in [2.05, 4.69) is 24.1 Å². The normalized spacial score (nSPS) is 15.2. The summed E-state index contributed by atoms with van der Waals surface area (Å²) in [5.74, 6) is 1.68. The van der Waals surface area contributed by atoms with Gasteiger partial charge in [-0.05, 0) is 29.3 Å². The summed E-state index contributed by atoms with van der Waals surface area (Å²) in [7, 11) is -3.52. The molecule has 0 bridgehead atoms. The number of nitrogens with zero attached hydrogens (tertiary/aromatic N) is 7. The van der Waals surface area contributed by atoms with Crippen LogP contribution in [-0.4, -0.2) is 69.9 Å². The maximum atomic E-state index is 13.0. The number of anilines is 2. The third-order valence-electron chi connectivity index (χ3n) is 7.66. The number of non-ortho nitro benzene ring substituents is 1. The number of rotatable bonds is 13. The third kappa shape index (κ3) is 6.55. The maximum Gasteiger partial charge on any atom is 0.269 e. The molecule has 224 valence electrons. The molecule has 1 fully saturated rings. The number of thiophene rings is 1. The van der Waals surface area contributed by atoms with Crippen molar-refractivity contribution in [3.8, 4) is 0 Å². The van der Waals surface area contributed by atoms with E-state index in [1.165, 1.54) is 34.2 Å². The Labute approximate surface area is 249 Å². The highest BCUT2D eigenvalue weighted by Crippen LogP contribution is 2.27. The number of nitro groups is 1. The van der Waals surface area contributed by atoms with Gasteiger partial charge in [0.05, 0.1) is 17.8 Å². The number of nitro benzene ring substituents is 1. The zero-order valence-electron chi connectivity index (χ0n) is 23.8. The van der Waals surface area contributed by atoms with Gasteiger partial charge in [0.2, 0.25) is 5.95 Å². The average Bonchev–Trinajstić information content (AvgIpc) is 3.69. The molecule has 4 heterocycles. The molecule has 0 radical (unpaired) electrons. The van der Waals surface area contributed by atoms with Crippen molar-refractivity contribution in [1.29, 1.82) is 0 Å². The number of fused-ring (bicyclic) bond motifs is 1. The van der Waals surface area contributed by atoms with Crippen LogP contribution in [-0.2, 0) is 16.6 Å². The highest BCUT2D eigenvalue weighted by Gasteiger charge is 2.30. The molecular weight excluding hydrogens is 576 g/mol. The summed E-state index contributed by atoms with van der Waals surface area (Å²) < 4.78 is 29.9. The van der Waals surface area contributed by atoms with Gasteiger partial charge in [-0.25, -0.2) is 13.4 Å². The van der Waals surface area contributed by atoms with Crippen LogP contribution in [0.25, 0.3) is 11.2 Å². The minimum absolute atomic E-state index is 0.0409. The highest BCUT2D eigenvalue weighted by atomic mass is 32.2. The average molecular weight is 613 g/mol. The molecule has 0 saturated carbocycles. The molecule has 1 aliphatic heterocycles. The zero-order chi connectivity index (χ0) is 29.7. The molecule has 12 nitrogen and oxygen atoms in total. The fourth-order valence-corrected chi connectivity index (χ4v) is 7.65. The number of aromatic nitrogens is 4. The molecule has 1 atom stereocenters. The molecule has 42 heavy (non-hydrogen) atoms. The molecular formula is C28H36N8O4S2. The Bertz CT molecular complexity index is 1600. The van der Waals surface area contributed by atoms with Crippen molar-refractivity contribution in [2.24, 2.45) is 5.92 Å². The van der Waals surface area contributed by atoms with E-state index in [-0.39, 0.29) is 5.69 Å². The standard InChI is InChI=1S/C28H36N8O4S2/c1-3-5-7-21(4-2)18-29-26-25-27(34(20-30-25)19-22-9-11-23(12-10-22)36(37)38)32-28(31-26)33-13-15-35(16-14-33)42(39,40)24-8-6-17-41-24/h6,8-12,17,20-21H,3-5,7,13-16,18-19H2,1-2H3,(H,29,31,32). The summed E-state index contributed by atoms with van der Waals surface area (Å²) in [6, 6.07) is 9.84. The lowest BCUT2D eigenvalue weighted by molar-refractivity contribution is -0.384. The van der Waals surface area contributed by atoms with Crippen molar-refractivity contribution in [2.45, 2.75) is 50.3 Å². The van der Waals surface area contributed by atoms with E-state index in [9.17, 15) is 18.5 Å². The summed E-state index contributed by atoms with van der Waals surface area (Å²) in [5.41, 5.74) is 2.23. The van der Waals surface area contributed by atoms with Crippen LogP contribution in [0.2, 0.25) is 0 Å². The van der Waals surface area contributed by atoms with E-state index < -0.39 is 14.9 Å². The molecule has 1 aromatic carbocycles. The van der Waals surface area contributed by atoms with Gasteiger partial charge in [-0.15, -0.1) is 11.3 Å². The van der Waals surface area contributed by atoms with Gasteiger partial charge < -0.3 is 14.8 Å². The second-order valence-electron chi connectivity index (χ2n) is 10.5. The molecule has 5 rings (SSSR count). The number of sulfonamides is 1. The molecule has 1 saturated heterocycles. The van der Waals surface area contributed by atoms with Crippen LogP contribution in [0.3, 0.4) is 0 Å². The number of hydrogen-bond acceptors (Lipinski definition) is 10. The van der Waals surface area contributed by atoms with E-state index in [4.69, 9.17) is 9.97 Å². The van der Waals surface area contributed by atoms with Gasteiger partial charge in [0.25, 0.3) is 15.7 Å². The quantitative estimate of drug-likeness (QED) is 0.163. The molecule has 1 aliphatic rings. The summed E-state index contributed by atoms with van der Waals surface area (Å²) in [4.78, 5) is 27.1. The number of piperazine rings is 1. The SMILES string of the molecule is CCCCC(CC)CNc1nc(N2CCN(S(=O)(=O)c3cccs3)CC2)nc2c1ncn2Cc1ccc([N+](=O)[O-])cc1. The van der Waals surface area contributed by atoms with Crippen LogP contribution in [0.15, 0.2) is 52.3 Å². The Hall–Kier alpha value is -3.62. The van der Waals surface area contributed by atoms with E-state index in [1.54, 1.807) is 36.0 Å². The van der Waals surface area contributed by atoms with Crippen LogP contribution in [0.5, 0.6) is 0 Å². The molecule has 0 spiro atoms. The lowest BCUT2D eigenvalue weighted by atomic mass is 9.99. The van der Waals surface area contributed by atoms with Crippen molar-refractivity contribution in [2.75, 3.05) is 42.9 Å². The van der Waals surface area contributed by atoms with Crippen molar-refractivity contribution in [1.82, 2.24) is 23.8 Å². The minimum Gasteiger partial charge on any atom is -0.368 e. The Morgan fingerprint density at radius 2 is 1.86 bits per heavy atom. The Morgan fingerprint density at radius 3 is 2.50 bits per heavy atom. The lowest BCUT2D eigenvalue weighted by Gasteiger charge is -2.33. The van der Waals surface area contributed by atoms with Crippen LogP contribution >= 0.6 is 11.3 Å². The van der Waals surface area contributed by atoms with Gasteiger partial charge >= 0.3 is 0 Å². The van der Waals surface area contributed by atoms with Gasteiger partial charge in [-0.2, -0.15) is 14.3 Å². The predicted molar refractivity (Wildman–Crippen MR) is 165 cm³/mol. The van der Waals surface area contributed by atoms with Gasteiger partial charge in [-0.3, -0.25) is 10.1 Å². The first-order chi connectivity index (χ1) is 20.3. The molecule has 1 N–H and O–H groups in total. The Balaban J connectivity index is 1.41. The fourth-order valence-electron chi connectivity index (χ4n) is 5.08. The van der Waals surface area contributed by atoms with Gasteiger partial charge in [-0.1, -0.05) is 51.3 Å². The minimum atomic E-state index is -3.52. The van der Waals surface area contributed by atoms with Crippen molar-refractivity contribution in [3.63, 3.8) is 0 Å². The number of unbranched alkanes of at least 4 members (excludes halogenated alkanes) is 1. The van der Waals surface area contributed by atoms with Crippen molar-refractivity contribution in [3.05, 3.63) is 63.8 Å². The number of imidazole rings is 1. The summed E-state index contributed by atoms with van der Waals surface area (Å²) in [6.07, 6.45) is 6.24. The molecule has 14 heteroatoms. The lowest BCUT2D eigenvalue weighted by Crippen LogP contribution is -2.49. The second kappa shape index (κ2) is 13.1. The van der Waals surface area contributed by atoms with Crippen LogP contribution in [0.1, 0.15) is 45.1 Å². The van der Waals surface area contributed by atoms with E-state index in [1.807, 2.05) is 9.47 Å². The number of nitrogens with one attached hydrogen (secondary N) is 1. The van der Waals surface area contributed by atoms with Crippen molar-refractivity contribution < 1.29 is 13.3 Å². The first-order valence-electron chi connectivity index (χ1n) is 14.3.